The molecule has 90 valence electrons. The first-order chi connectivity index (χ1) is 7.63. The highest BCUT2D eigenvalue weighted by Gasteiger charge is 2.30. The number of methoxy groups -OCH3 is 1. The van der Waals surface area contributed by atoms with Gasteiger partial charge in [0.1, 0.15) is 11.4 Å². The minimum atomic E-state index is -0.508. The van der Waals surface area contributed by atoms with Crippen LogP contribution in [0.2, 0.25) is 0 Å². The van der Waals surface area contributed by atoms with Gasteiger partial charge in [0.15, 0.2) is 0 Å². The van der Waals surface area contributed by atoms with Crippen LogP contribution in [-0.4, -0.2) is 17.1 Å². The van der Waals surface area contributed by atoms with Crippen molar-refractivity contribution in [1.82, 2.24) is 9.97 Å². The number of H-pyrrole nitrogens is 1. The van der Waals surface area contributed by atoms with E-state index in [-0.39, 0.29) is 12.1 Å². The second-order valence-corrected chi connectivity index (χ2v) is 3.70. The van der Waals surface area contributed by atoms with Gasteiger partial charge in [-0.1, -0.05) is 13.8 Å². The van der Waals surface area contributed by atoms with Crippen molar-refractivity contribution in [2.75, 3.05) is 7.11 Å². The summed E-state index contributed by atoms with van der Waals surface area (Å²) in [7, 11) is 1.63. The van der Waals surface area contributed by atoms with E-state index in [1.165, 1.54) is 6.20 Å². The average Bonchev–Trinajstić information content (AvgIpc) is 2.32. The van der Waals surface area contributed by atoms with E-state index in [1.54, 1.807) is 7.11 Å². The van der Waals surface area contributed by atoms with Gasteiger partial charge in [0.25, 0.3) is 5.56 Å². The number of hydrogen-bond acceptors (Lipinski definition) is 4. The fraction of sp³-hybridized carbons (Fsp3) is 0.636. The first-order valence-corrected chi connectivity index (χ1v) is 5.47. The van der Waals surface area contributed by atoms with Gasteiger partial charge in [-0.3, -0.25) is 4.79 Å². The Hall–Kier alpha value is -1.20. The maximum atomic E-state index is 11.6. The summed E-state index contributed by atoms with van der Waals surface area (Å²) in [5, 5.41) is 0. The number of nitrogens with one attached hydrogen (secondary N) is 1. The van der Waals surface area contributed by atoms with Gasteiger partial charge >= 0.3 is 0 Å². The van der Waals surface area contributed by atoms with Crippen LogP contribution in [0.1, 0.15) is 38.1 Å². The second kappa shape index (κ2) is 5.23. The molecule has 0 radical (unpaired) electrons. The molecule has 0 aliphatic rings. The Labute approximate surface area is 95.0 Å². The second-order valence-electron chi connectivity index (χ2n) is 3.70. The molecule has 0 bridgehead atoms. The third-order valence-electron chi connectivity index (χ3n) is 3.06. The van der Waals surface area contributed by atoms with Gasteiger partial charge < -0.3 is 15.5 Å². The molecule has 3 N–H and O–H groups in total. The summed E-state index contributed by atoms with van der Waals surface area (Å²) in [5.74, 6) is 0.571. The molecule has 5 nitrogen and oxygen atoms in total. The molecule has 0 spiro atoms. The molecule has 16 heavy (non-hydrogen) atoms. The normalized spacial score (nSPS) is 11.8. The summed E-state index contributed by atoms with van der Waals surface area (Å²) in [6.07, 6.45) is 3.03. The van der Waals surface area contributed by atoms with Gasteiger partial charge in [0.2, 0.25) is 0 Å². The average molecular weight is 225 g/mol. The quantitative estimate of drug-likeness (QED) is 0.779. The molecule has 0 aliphatic carbocycles. The van der Waals surface area contributed by atoms with Gasteiger partial charge in [-0.15, -0.1) is 0 Å². The zero-order valence-electron chi connectivity index (χ0n) is 10.0. The minimum absolute atomic E-state index is 0.184. The molecule has 1 rings (SSSR count). The van der Waals surface area contributed by atoms with Crippen LogP contribution in [0.5, 0.6) is 0 Å². The summed E-state index contributed by atoms with van der Waals surface area (Å²) in [4.78, 5) is 18.6. The van der Waals surface area contributed by atoms with E-state index < -0.39 is 5.60 Å². The first kappa shape index (κ1) is 12.9. The number of rotatable bonds is 5. The molecule has 1 aromatic heterocycles. The lowest BCUT2D eigenvalue weighted by molar-refractivity contribution is -0.0293. The molecule has 0 saturated heterocycles. The van der Waals surface area contributed by atoms with Crippen LogP contribution in [0.25, 0.3) is 0 Å². The minimum Gasteiger partial charge on any atom is -0.370 e. The van der Waals surface area contributed by atoms with E-state index in [4.69, 9.17) is 10.5 Å². The van der Waals surface area contributed by atoms with E-state index in [0.717, 1.165) is 12.8 Å². The molecule has 1 heterocycles. The predicted molar refractivity (Wildman–Crippen MR) is 62.0 cm³/mol. The van der Waals surface area contributed by atoms with Crippen LogP contribution in [0, 0.1) is 0 Å². The molecule has 5 heteroatoms. The summed E-state index contributed by atoms with van der Waals surface area (Å²) in [5.41, 5.74) is 5.21. The van der Waals surface area contributed by atoms with Gasteiger partial charge in [-0.2, -0.15) is 0 Å². The highest BCUT2D eigenvalue weighted by Crippen LogP contribution is 2.28. The van der Waals surface area contributed by atoms with E-state index >= 15 is 0 Å². The van der Waals surface area contributed by atoms with Crippen LogP contribution < -0.4 is 11.3 Å². The van der Waals surface area contributed by atoms with Crippen molar-refractivity contribution in [3.8, 4) is 0 Å². The SMILES string of the molecule is CCC(CC)(OC)c1ncc(CN)c(=O)[nH]1. The molecule has 0 aromatic carbocycles. The van der Waals surface area contributed by atoms with Crippen molar-refractivity contribution < 1.29 is 4.74 Å². The Bertz CT molecular complexity index is 388. The number of hydrogen-bond donors (Lipinski definition) is 2. The molecule has 0 saturated carbocycles. The Kier molecular flexibility index (Phi) is 4.20. The van der Waals surface area contributed by atoms with Crippen molar-refractivity contribution >= 4 is 0 Å². The van der Waals surface area contributed by atoms with Crippen LogP contribution >= 0.6 is 0 Å². The predicted octanol–water partition coefficient (Wildman–Crippen LogP) is 0.890. The maximum Gasteiger partial charge on any atom is 0.255 e. The number of nitrogens with two attached hydrogens (primary N) is 1. The fourth-order valence-corrected chi connectivity index (χ4v) is 1.77. The monoisotopic (exact) mass is 225 g/mol. The highest BCUT2D eigenvalue weighted by atomic mass is 16.5. The zero-order chi connectivity index (χ0) is 12.2. The molecular formula is C11H19N3O2. The smallest absolute Gasteiger partial charge is 0.255 e. The van der Waals surface area contributed by atoms with Crippen LogP contribution in [0.3, 0.4) is 0 Å². The molecule has 0 amide bonds. The lowest BCUT2D eigenvalue weighted by Crippen LogP contribution is -2.32. The zero-order valence-corrected chi connectivity index (χ0v) is 10.0. The van der Waals surface area contributed by atoms with E-state index in [9.17, 15) is 4.79 Å². The largest absolute Gasteiger partial charge is 0.370 e. The van der Waals surface area contributed by atoms with E-state index in [1.807, 2.05) is 13.8 Å². The number of aromatic amines is 1. The molecular weight excluding hydrogens is 206 g/mol. The summed E-state index contributed by atoms with van der Waals surface area (Å²) in [6.45, 7) is 4.20. The van der Waals surface area contributed by atoms with Crippen LogP contribution in [0.15, 0.2) is 11.0 Å². The fourth-order valence-electron chi connectivity index (χ4n) is 1.77. The third kappa shape index (κ3) is 2.15. The molecule has 0 aliphatic heterocycles. The van der Waals surface area contributed by atoms with Crippen molar-refractivity contribution in [2.24, 2.45) is 5.73 Å². The van der Waals surface area contributed by atoms with E-state index in [2.05, 4.69) is 9.97 Å². The summed E-state index contributed by atoms with van der Waals surface area (Å²) >= 11 is 0. The maximum absolute atomic E-state index is 11.6. The van der Waals surface area contributed by atoms with Gasteiger partial charge in [-0.05, 0) is 12.8 Å². The Balaban J connectivity index is 3.22. The van der Waals surface area contributed by atoms with Gasteiger partial charge in [-0.25, -0.2) is 4.98 Å². The first-order valence-electron chi connectivity index (χ1n) is 5.47. The van der Waals surface area contributed by atoms with Crippen LogP contribution in [-0.2, 0) is 16.9 Å². The van der Waals surface area contributed by atoms with Crippen molar-refractivity contribution in [2.45, 2.75) is 38.8 Å². The molecule has 0 fully saturated rings. The summed E-state index contributed by atoms with van der Waals surface area (Å²) in [6, 6.07) is 0. The Morgan fingerprint density at radius 1 is 1.50 bits per heavy atom. The lowest BCUT2D eigenvalue weighted by atomic mass is 9.96. The lowest BCUT2D eigenvalue weighted by Gasteiger charge is -2.28. The van der Waals surface area contributed by atoms with Crippen molar-refractivity contribution in [1.29, 1.82) is 0 Å². The van der Waals surface area contributed by atoms with Gasteiger partial charge in [0, 0.05) is 25.4 Å². The Morgan fingerprint density at radius 2 is 2.12 bits per heavy atom. The molecule has 1 aromatic rings. The Morgan fingerprint density at radius 3 is 2.50 bits per heavy atom. The molecule has 0 atom stereocenters. The topological polar surface area (TPSA) is 81.0 Å². The third-order valence-corrected chi connectivity index (χ3v) is 3.06. The van der Waals surface area contributed by atoms with Crippen molar-refractivity contribution in [3.63, 3.8) is 0 Å². The van der Waals surface area contributed by atoms with Gasteiger partial charge in [0.05, 0.1) is 0 Å². The van der Waals surface area contributed by atoms with Crippen LogP contribution in [0.4, 0.5) is 0 Å². The number of nitrogens with zero attached hydrogens (tertiary/aromatic N) is 1. The van der Waals surface area contributed by atoms with Crippen molar-refractivity contribution in [3.05, 3.63) is 27.9 Å². The number of aromatic nitrogens is 2. The highest BCUT2D eigenvalue weighted by molar-refractivity contribution is 5.09. The number of ether oxygens (including phenoxy) is 1. The summed E-state index contributed by atoms with van der Waals surface area (Å²) < 4.78 is 5.49. The van der Waals surface area contributed by atoms with E-state index in [0.29, 0.717) is 11.4 Å². The molecule has 0 unspecified atom stereocenters. The standard InChI is InChI=1S/C11H19N3O2/c1-4-11(5-2,16-3)10-13-7-8(6-12)9(15)14-10/h7H,4-6,12H2,1-3H3,(H,13,14,15).